The molecule has 0 bridgehead atoms. The molecular weight excluding hydrogens is 311 g/mol. The molecule has 16 heavy (non-hydrogen) atoms. The smallest absolute Gasteiger partial charge is 0.119 e. The second-order valence-corrected chi connectivity index (χ2v) is 4.98. The zero-order chi connectivity index (χ0) is 11.4. The van der Waals surface area contributed by atoms with Crippen molar-refractivity contribution < 1.29 is 4.74 Å². The molecule has 0 atom stereocenters. The quantitative estimate of drug-likeness (QED) is 0.770. The van der Waals surface area contributed by atoms with Crippen LogP contribution < -0.4 is 4.74 Å². The van der Waals surface area contributed by atoms with E-state index in [9.17, 15) is 0 Å². The minimum absolute atomic E-state index is 0.627. The highest BCUT2D eigenvalue weighted by molar-refractivity contribution is 14.1. The molecule has 0 spiro atoms. The molecule has 0 saturated carbocycles. The predicted molar refractivity (Wildman–Crippen MR) is 74.7 cm³/mol. The Morgan fingerprint density at radius 2 is 1.81 bits per heavy atom. The fourth-order valence-electron chi connectivity index (χ4n) is 1.50. The van der Waals surface area contributed by atoms with Gasteiger partial charge in [-0.3, -0.25) is 0 Å². The zero-order valence-electron chi connectivity index (χ0n) is 9.11. The van der Waals surface area contributed by atoms with Crippen LogP contribution in [0.3, 0.4) is 0 Å². The van der Waals surface area contributed by atoms with Crippen molar-refractivity contribution in [3.63, 3.8) is 0 Å². The van der Waals surface area contributed by atoms with Crippen molar-refractivity contribution in [2.45, 2.75) is 13.5 Å². The molecule has 2 aromatic carbocycles. The molecule has 0 heterocycles. The van der Waals surface area contributed by atoms with E-state index in [2.05, 4.69) is 53.8 Å². The molecular formula is C14H13IO. The van der Waals surface area contributed by atoms with Crippen LogP contribution in [-0.2, 0) is 6.61 Å². The predicted octanol–water partition coefficient (Wildman–Crippen LogP) is 4.18. The first kappa shape index (κ1) is 11.5. The van der Waals surface area contributed by atoms with Gasteiger partial charge in [-0.15, -0.1) is 0 Å². The summed E-state index contributed by atoms with van der Waals surface area (Å²) in [5.74, 6) is 0.918. The van der Waals surface area contributed by atoms with Crippen molar-refractivity contribution in [1.29, 1.82) is 0 Å². The third-order valence-electron chi connectivity index (χ3n) is 2.30. The first-order chi connectivity index (χ1) is 7.74. The second kappa shape index (κ2) is 5.34. The van der Waals surface area contributed by atoms with Gasteiger partial charge in [-0.25, -0.2) is 0 Å². The molecule has 2 aromatic rings. The fraction of sp³-hybridized carbons (Fsp3) is 0.143. The molecule has 82 valence electrons. The first-order valence-corrected chi connectivity index (χ1v) is 6.26. The lowest BCUT2D eigenvalue weighted by Gasteiger charge is -2.06. The van der Waals surface area contributed by atoms with E-state index in [0.29, 0.717) is 6.61 Å². The maximum Gasteiger partial charge on any atom is 0.119 e. The highest BCUT2D eigenvalue weighted by Crippen LogP contribution is 2.15. The van der Waals surface area contributed by atoms with Crippen molar-refractivity contribution in [1.82, 2.24) is 0 Å². The topological polar surface area (TPSA) is 9.23 Å². The van der Waals surface area contributed by atoms with Crippen LogP contribution in [0.2, 0.25) is 0 Å². The van der Waals surface area contributed by atoms with Crippen molar-refractivity contribution in [2.24, 2.45) is 0 Å². The molecule has 0 radical (unpaired) electrons. The third-order valence-corrected chi connectivity index (χ3v) is 3.02. The number of rotatable bonds is 3. The van der Waals surface area contributed by atoms with Gasteiger partial charge in [0.05, 0.1) is 0 Å². The van der Waals surface area contributed by atoms with E-state index in [4.69, 9.17) is 4.74 Å². The summed E-state index contributed by atoms with van der Waals surface area (Å²) in [4.78, 5) is 0. The van der Waals surface area contributed by atoms with Crippen LogP contribution in [0.1, 0.15) is 11.1 Å². The van der Waals surface area contributed by atoms with Gasteiger partial charge in [0.2, 0.25) is 0 Å². The maximum absolute atomic E-state index is 5.70. The fourth-order valence-corrected chi connectivity index (χ4v) is 1.86. The normalized spacial score (nSPS) is 10.1. The molecule has 1 nitrogen and oxygen atoms in total. The van der Waals surface area contributed by atoms with Crippen LogP contribution in [0.15, 0.2) is 48.5 Å². The summed E-state index contributed by atoms with van der Waals surface area (Å²) >= 11 is 2.29. The van der Waals surface area contributed by atoms with Crippen molar-refractivity contribution in [3.05, 3.63) is 63.2 Å². The van der Waals surface area contributed by atoms with E-state index in [-0.39, 0.29) is 0 Å². The summed E-state index contributed by atoms with van der Waals surface area (Å²) in [6.07, 6.45) is 0. The van der Waals surface area contributed by atoms with Crippen LogP contribution in [-0.4, -0.2) is 0 Å². The number of aryl methyl sites for hydroxylation is 1. The maximum atomic E-state index is 5.70. The van der Waals surface area contributed by atoms with Crippen molar-refractivity contribution in [3.8, 4) is 5.75 Å². The summed E-state index contributed by atoms with van der Waals surface area (Å²) in [7, 11) is 0. The average molecular weight is 324 g/mol. The van der Waals surface area contributed by atoms with E-state index in [0.717, 1.165) is 5.75 Å². The van der Waals surface area contributed by atoms with Crippen molar-refractivity contribution in [2.75, 3.05) is 0 Å². The van der Waals surface area contributed by atoms with Gasteiger partial charge in [0.15, 0.2) is 0 Å². The molecule has 0 aliphatic rings. The van der Waals surface area contributed by atoms with Gasteiger partial charge >= 0.3 is 0 Å². The van der Waals surface area contributed by atoms with Crippen LogP contribution in [0.25, 0.3) is 0 Å². The van der Waals surface area contributed by atoms with Gasteiger partial charge in [-0.1, -0.05) is 29.8 Å². The lowest BCUT2D eigenvalue weighted by atomic mass is 10.1. The molecule has 0 saturated heterocycles. The summed E-state index contributed by atoms with van der Waals surface area (Å²) in [5.41, 5.74) is 2.47. The molecule has 0 aliphatic carbocycles. The number of ether oxygens (including phenoxy) is 1. The second-order valence-electron chi connectivity index (χ2n) is 3.73. The van der Waals surface area contributed by atoms with Gasteiger partial charge in [-0.2, -0.15) is 0 Å². The van der Waals surface area contributed by atoms with Crippen LogP contribution >= 0.6 is 22.6 Å². The molecule has 0 aromatic heterocycles. The Morgan fingerprint density at radius 1 is 1.06 bits per heavy atom. The number of benzene rings is 2. The summed E-state index contributed by atoms with van der Waals surface area (Å²) in [6.45, 7) is 2.72. The van der Waals surface area contributed by atoms with Crippen LogP contribution in [0, 0.1) is 10.5 Å². The summed E-state index contributed by atoms with van der Waals surface area (Å²) in [6, 6.07) is 16.5. The van der Waals surface area contributed by atoms with Crippen LogP contribution in [0.4, 0.5) is 0 Å². The first-order valence-electron chi connectivity index (χ1n) is 5.18. The number of hydrogen-bond acceptors (Lipinski definition) is 1. The summed E-state index contributed by atoms with van der Waals surface area (Å²) in [5, 5.41) is 0. The van der Waals surface area contributed by atoms with E-state index in [1.807, 2.05) is 24.3 Å². The molecule has 0 aliphatic heterocycles. The number of hydrogen-bond donors (Lipinski definition) is 0. The van der Waals surface area contributed by atoms with Gasteiger partial charge in [0.25, 0.3) is 0 Å². The Hall–Kier alpha value is -1.03. The minimum Gasteiger partial charge on any atom is -0.489 e. The van der Waals surface area contributed by atoms with Gasteiger partial charge in [0.1, 0.15) is 12.4 Å². The van der Waals surface area contributed by atoms with E-state index in [1.54, 1.807) is 0 Å². The van der Waals surface area contributed by atoms with Gasteiger partial charge in [0, 0.05) is 3.57 Å². The Balaban J connectivity index is 1.99. The largest absolute Gasteiger partial charge is 0.489 e. The van der Waals surface area contributed by atoms with E-state index < -0.39 is 0 Å². The molecule has 2 rings (SSSR count). The van der Waals surface area contributed by atoms with E-state index >= 15 is 0 Å². The Morgan fingerprint density at radius 3 is 2.50 bits per heavy atom. The monoisotopic (exact) mass is 324 g/mol. The minimum atomic E-state index is 0.627. The highest BCUT2D eigenvalue weighted by atomic mass is 127. The SMILES string of the molecule is Cc1cccc(COc2ccc(I)cc2)c1. The average Bonchev–Trinajstić information content (AvgIpc) is 2.28. The lowest BCUT2D eigenvalue weighted by molar-refractivity contribution is 0.306. The Labute approximate surface area is 110 Å². The molecule has 2 heteroatoms. The molecule has 0 amide bonds. The molecule has 0 N–H and O–H groups in total. The third kappa shape index (κ3) is 3.23. The molecule has 0 fully saturated rings. The van der Waals surface area contributed by atoms with E-state index in [1.165, 1.54) is 14.7 Å². The standard InChI is InChI=1S/C14H13IO/c1-11-3-2-4-12(9-11)10-16-14-7-5-13(15)6-8-14/h2-9H,10H2,1H3. The lowest BCUT2D eigenvalue weighted by Crippen LogP contribution is -1.95. The summed E-state index contributed by atoms with van der Waals surface area (Å²) < 4.78 is 6.92. The van der Waals surface area contributed by atoms with Gasteiger partial charge < -0.3 is 4.74 Å². The Kier molecular flexibility index (Phi) is 3.83. The van der Waals surface area contributed by atoms with Crippen LogP contribution in [0.5, 0.6) is 5.75 Å². The zero-order valence-corrected chi connectivity index (χ0v) is 11.3. The molecule has 0 unspecified atom stereocenters. The van der Waals surface area contributed by atoms with Gasteiger partial charge in [-0.05, 0) is 59.3 Å². The number of halogens is 1. The Bertz CT molecular complexity index is 462. The highest BCUT2D eigenvalue weighted by Gasteiger charge is 1.96. The van der Waals surface area contributed by atoms with Crippen molar-refractivity contribution >= 4 is 22.6 Å².